The molecule has 1 aliphatic rings. The third kappa shape index (κ3) is 5.95. The van der Waals surface area contributed by atoms with Crippen molar-refractivity contribution in [3.05, 3.63) is 64.9 Å². The number of hydrogen-bond acceptors (Lipinski definition) is 4. The van der Waals surface area contributed by atoms with Crippen LogP contribution in [0, 0.1) is 5.82 Å². The number of halogens is 2. The molecule has 140 valence electrons. The van der Waals surface area contributed by atoms with Crippen LogP contribution in [0.15, 0.2) is 48.5 Å². The Morgan fingerprint density at radius 2 is 1.58 bits per heavy atom. The summed E-state index contributed by atoms with van der Waals surface area (Å²) >= 11 is 5.92. The van der Waals surface area contributed by atoms with Crippen molar-refractivity contribution in [1.29, 1.82) is 0 Å². The average Bonchev–Trinajstić information content (AvgIpc) is 2.65. The van der Waals surface area contributed by atoms with Crippen molar-refractivity contribution in [3.8, 4) is 5.75 Å². The lowest BCUT2D eigenvalue weighted by atomic mass is 10.2. The van der Waals surface area contributed by atoms with E-state index in [1.54, 1.807) is 12.1 Å². The maximum Gasteiger partial charge on any atom is 0.123 e. The maximum absolute atomic E-state index is 12.9. The molecule has 3 rings (SSSR count). The van der Waals surface area contributed by atoms with E-state index < -0.39 is 6.10 Å². The van der Waals surface area contributed by atoms with Gasteiger partial charge in [0, 0.05) is 44.3 Å². The molecule has 0 aliphatic carbocycles. The van der Waals surface area contributed by atoms with Crippen LogP contribution >= 0.6 is 11.6 Å². The Labute approximate surface area is 158 Å². The minimum Gasteiger partial charge on any atom is -0.491 e. The number of aliphatic hydroxyl groups excluding tert-OH is 1. The summed E-state index contributed by atoms with van der Waals surface area (Å²) in [7, 11) is 0. The molecule has 1 saturated heterocycles. The highest BCUT2D eigenvalue weighted by molar-refractivity contribution is 6.30. The van der Waals surface area contributed by atoms with Crippen LogP contribution in [-0.4, -0.2) is 60.3 Å². The summed E-state index contributed by atoms with van der Waals surface area (Å²) in [6.45, 7) is 5.47. The number of benzene rings is 2. The molecule has 0 unspecified atom stereocenters. The average molecular weight is 379 g/mol. The summed E-state index contributed by atoms with van der Waals surface area (Å²) in [5, 5.41) is 10.9. The molecule has 2 aromatic rings. The number of β-amino-alcohol motifs (C(OH)–C–C–N with tert-alkyl or cyclic N) is 1. The SMILES string of the molecule is O[C@@H](COc1ccc(F)cc1)CN1CCN(Cc2ccc(Cl)cc2)CC1. The lowest BCUT2D eigenvalue weighted by Gasteiger charge is -2.35. The molecule has 0 saturated carbocycles. The normalized spacial score (nSPS) is 17.2. The molecule has 1 N–H and O–H groups in total. The highest BCUT2D eigenvalue weighted by Gasteiger charge is 2.19. The molecule has 4 nitrogen and oxygen atoms in total. The van der Waals surface area contributed by atoms with Gasteiger partial charge >= 0.3 is 0 Å². The fourth-order valence-corrected chi connectivity index (χ4v) is 3.18. The predicted molar refractivity (Wildman–Crippen MR) is 101 cm³/mol. The van der Waals surface area contributed by atoms with Crippen LogP contribution in [0.3, 0.4) is 0 Å². The number of aliphatic hydroxyl groups is 1. The Kier molecular flexibility index (Phi) is 6.86. The highest BCUT2D eigenvalue weighted by Crippen LogP contribution is 2.14. The standard InChI is InChI=1S/C20H24ClFN2O2/c21-17-3-1-16(2-4-17)13-23-9-11-24(12-10-23)14-19(25)15-26-20-7-5-18(22)6-8-20/h1-8,19,25H,9-15H2/t19-/m1/s1. The monoisotopic (exact) mass is 378 g/mol. The van der Waals surface area contributed by atoms with Gasteiger partial charge in [0.25, 0.3) is 0 Å². The van der Waals surface area contributed by atoms with Gasteiger partial charge in [0.2, 0.25) is 0 Å². The van der Waals surface area contributed by atoms with E-state index in [-0.39, 0.29) is 12.4 Å². The zero-order chi connectivity index (χ0) is 18.4. The van der Waals surface area contributed by atoms with E-state index in [1.165, 1.54) is 17.7 Å². The molecule has 0 radical (unpaired) electrons. The third-order valence-electron chi connectivity index (χ3n) is 4.51. The zero-order valence-corrected chi connectivity index (χ0v) is 15.4. The minimum atomic E-state index is -0.567. The number of rotatable bonds is 7. The lowest BCUT2D eigenvalue weighted by Crippen LogP contribution is -2.48. The van der Waals surface area contributed by atoms with Crippen molar-refractivity contribution in [1.82, 2.24) is 9.80 Å². The summed E-state index contributed by atoms with van der Waals surface area (Å²) in [5.41, 5.74) is 1.26. The maximum atomic E-state index is 12.9. The first-order chi connectivity index (χ1) is 12.6. The van der Waals surface area contributed by atoms with Crippen molar-refractivity contribution in [2.24, 2.45) is 0 Å². The molecular formula is C20H24ClFN2O2. The van der Waals surface area contributed by atoms with Gasteiger partial charge in [-0.3, -0.25) is 9.80 Å². The topological polar surface area (TPSA) is 35.9 Å². The van der Waals surface area contributed by atoms with Crippen molar-refractivity contribution in [3.63, 3.8) is 0 Å². The second-order valence-corrected chi connectivity index (χ2v) is 7.06. The third-order valence-corrected chi connectivity index (χ3v) is 4.76. The van der Waals surface area contributed by atoms with Crippen molar-refractivity contribution >= 4 is 11.6 Å². The summed E-state index contributed by atoms with van der Waals surface area (Å²) in [6, 6.07) is 13.8. The van der Waals surface area contributed by atoms with Crippen LogP contribution in [0.2, 0.25) is 5.02 Å². The van der Waals surface area contributed by atoms with Gasteiger partial charge in [-0.1, -0.05) is 23.7 Å². The molecule has 0 amide bonds. The molecule has 1 atom stereocenters. The van der Waals surface area contributed by atoms with Gasteiger partial charge in [0.1, 0.15) is 24.3 Å². The van der Waals surface area contributed by atoms with Crippen molar-refractivity contribution in [2.45, 2.75) is 12.6 Å². The second kappa shape index (κ2) is 9.33. The van der Waals surface area contributed by atoms with Gasteiger partial charge < -0.3 is 9.84 Å². The summed E-state index contributed by atoms with van der Waals surface area (Å²) in [5.74, 6) is 0.271. The van der Waals surface area contributed by atoms with E-state index in [4.69, 9.17) is 16.3 Å². The van der Waals surface area contributed by atoms with Gasteiger partial charge in [0.15, 0.2) is 0 Å². The van der Waals surface area contributed by atoms with E-state index in [2.05, 4.69) is 21.9 Å². The van der Waals surface area contributed by atoms with Crippen LogP contribution in [-0.2, 0) is 6.54 Å². The predicted octanol–water partition coefficient (Wildman–Crippen LogP) is 3.04. The summed E-state index contributed by atoms with van der Waals surface area (Å²) < 4.78 is 18.4. The van der Waals surface area contributed by atoms with Gasteiger partial charge in [0.05, 0.1) is 0 Å². The molecular weight excluding hydrogens is 355 g/mol. The quantitative estimate of drug-likeness (QED) is 0.803. The summed E-state index contributed by atoms with van der Waals surface area (Å²) in [6.07, 6.45) is -0.567. The van der Waals surface area contributed by atoms with Crippen LogP contribution in [0.1, 0.15) is 5.56 Å². The van der Waals surface area contributed by atoms with E-state index in [9.17, 15) is 9.50 Å². The first-order valence-corrected chi connectivity index (χ1v) is 9.22. The number of piperazine rings is 1. The van der Waals surface area contributed by atoms with Crippen LogP contribution in [0.5, 0.6) is 5.75 Å². The Morgan fingerprint density at radius 1 is 0.962 bits per heavy atom. The fourth-order valence-electron chi connectivity index (χ4n) is 3.05. The van der Waals surface area contributed by atoms with Gasteiger partial charge in [-0.15, -0.1) is 0 Å². The van der Waals surface area contributed by atoms with Crippen LogP contribution in [0.4, 0.5) is 4.39 Å². The molecule has 1 heterocycles. The Morgan fingerprint density at radius 3 is 2.23 bits per heavy atom. The van der Waals surface area contributed by atoms with Gasteiger partial charge in [-0.25, -0.2) is 4.39 Å². The molecule has 1 fully saturated rings. The van der Waals surface area contributed by atoms with Crippen molar-refractivity contribution in [2.75, 3.05) is 39.3 Å². The molecule has 2 aromatic carbocycles. The van der Waals surface area contributed by atoms with Crippen LogP contribution in [0.25, 0.3) is 0 Å². The highest BCUT2D eigenvalue weighted by atomic mass is 35.5. The molecule has 0 aromatic heterocycles. The summed E-state index contributed by atoms with van der Waals surface area (Å²) in [4.78, 5) is 4.65. The minimum absolute atomic E-state index is 0.205. The molecule has 6 heteroatoms. The van der Waals surface area contributed by atoms with E-state index >= 15 is 0 Å². The fraction of sp³-hybridized carbons (Fsp3) is 0.400. The zero-order valence-electron chi connectivity index (χ0n) is 14.7. The van der Waals surface area contributed by atoms with Gasteiger partial charge in [-0.2, -0.15) is 0 Å². The smallest absolute Gasteiger partial charge is 0.123 e. The molecule has 0 spiro atoms. The van der Waals surface area contributed by atoms with E-state index in [0.29, 0.717) is 12.3 Å². The lowest BCUT2D eigenvalue weighted by molar-refractivity contribution is 0.0446. The Balaban J connectivity index is 1.36. The van der Waals surface area contributed by atoms with Gasteiger partial charge in [-0.05, 0) is 42.0 Å². The second-order valence-electron chi connectivity index (χ2n) is 6.62. The first kappa shape index (κ1) is 19.1. The number of ether oxygens (including phenoxy) is 1. The van der Waals surface area contributed by atoms with Crippen molar-refractivity contribution < 1.29 is 14.2 Å². The first-order valence-electron chi connectivity index (χ1n) is 8.84. The van der Waals surface area contributed by atoms with E-state index in [0.717, 1.165) is 37.7 Å². The van der Waals surface area contributed by atoms with Crippen LogP contribution < -0.4 is 4.74 Å². The number of hydrogen-bond donors (Lipinski definition) is 1. The molecule has 0 bridgehead atoms. The Hall–Kier alpha value is -1.66. The largest absolute Gasteiger partial charge is 0.491 e. The molecule has 1 aliphatic heterocycles. The molecule has 26 heavy (non-hydrogen) atoms. The van der Waals surface area contributed by atoms with E-state index in [1.807, 2.05) is 12.1 Å². The Bertz CT molecular complexity index is 673. The number of nitrogens with zero attached hydrogens (tertiary/aromatic N) is 2.